The Hall–Kier alpha value is -2.18. The molecule has 0 spiro atoms. The van der Waals surface area contributed by atoms with Crippen LogP contribution in [0.25, 0.3) is 0 Å². The van der Waals surface area contributed by atoms with E-state index in [1.807, 2.05) is 56.3 Å². The Morgan fingerprint density at radius 3 is 2.30 bits per heavy atom. The number of aryl methyl sites for hydroxylation is 2. The van der Waals surface area contributed by atoms with E-state index in [2.05, 4.69) is 17.4 Å². The minimum absolute atomic E-state index is 0.0145. The third kappa shape index (κ3) is 6.41. The molecule has 1 atom stereocenters. The van der Waals surface area contributed by atoms with Gasteiger partial charge in [-0.25, -0.2) is 12.7 Å². The van der Waals surface area contributed by atoms with Gasteiger partial charge in [0.1, 0.15) is 0 Å². The summed E-state index contributed by atoms with van der Waals surface area (Å²) in [6.45, 7) is 4.83. The molecule has 1 aliphatic rings. The number of carbonyl (C=O) groups excluding carboxylic acids is 1. The van der Waals surface area contributed by atoms with Gasteiger partial charge < -0.3 is 5.32 Å². The van der Waals surface area contributed by atoms with Crippen LogP contribution in [0.4, 0.5) is 0 Å². The van der Waals surface area contributed by atoms with Crippen molar-refractivity contribution in [1.29, 1.82) is 0 Å². The number of hydrogen-bond acceptors (Lipinski definition) is 3. The number of benzene rings is 2. The molecule has 0 aliphatic carbocycles. The first kappa shape index (κ1) is 22.5. The van der Waals surface area contributed by atoms with Crippen molar-refractivity contribution in [3.8, 4) is 0 Å². The summed E-state index contributed by atoms with van der Waals surface area (Å²) >= 11 is 0. The second-order valence-corrected chi connectivity index (χ2v) is 10.3. The molecule has 1 N–H and O–H groups in total. The highest BCUT2D eigenvalue weighted by molar-refractivity contribution is 7.88. The number of carbonyl (C=O) groups is 1. The Morgan fingerprint density at radius 2 is 1.67 bits per heavy atom. The fourth-order valence-corrected chi connectivity index (χ4v) is 5.41. The molecule has 1 aliphatic heterocycles. The highest BCUT2D eigenvalue weighted by Crippen LogP contribution is 2.22. The Morgan fingerprint density at radius 1 is 1.03 bits per heavy atom. The molecule has 1 amide bonds. The number of piperidine rings is 1. The van der Waals surface area contributed by atoms with E-state index in [9.17, 15) is 13.2 Å². The van der Waals surface area contributed by atoms with Gasteiger partial charge in [0.05, 0.1) is 5.75 Å². The van der Waals surface area contributed by atoms with Crippen LogP contribution >= 0.6 is 0 Å². The van der Waals surface area contributed by atoms with Gasteiger partial charge in [-0.15, -0.1) is 0 Å². The van der Waals surface area contributed by atoms with Crippen molar-refractivity contribution in [3.63, 3.8) is 0 Å². The fraction of sp³-hybridized carbons (Fsp3) is 0.458. The number of hydrogen-bond donors (Lipinski definition) is 1. The smallest absolute Gasteiger partial charge is 0.223 e. The van der Waals surface area contributed by atoms with E-state index in [0.29, 0.717) is 25.9 Å². The quantitative estimate of drug-likeness (QED) is 0.698. The maximum atomic E-state index is 12.7. The van der Waals surface area contributed by atoms with E-state index in [0.717, 1.165) is 24.0 Å². The molecule has 1 heterocycles. The first-order valence-electron chi connectivity index (χ1n) is 10.7. The van der Waals surface area contributed by atoms with Gasteiger partial charge in [0.2, 0.25) is 15.9 Å². The monoisotopic (exact) mass is 428 g/mol. The van der Waals surface area contributed by atoms with Gasteiger partial charge in [0, 0.05) is 25.0 Å². The maximum absolute atomic E-state index is 12.7. The predicted molar refractivity (Wildman–Crippen MR) is 120 cm³/mol. The molecule has 0 unspecified atom stereocenters. The molecule has 0 saturated carbocycles. The van der Waals surface area contributed by atoms with E-state index < -0.39 is 10.0 Å². The molecule has 0 aromatic heterocycles. The minimum atomic E-state index is -3.36. The summed E-state index contributed by atoms with van der Waals surface area (Å²) in [4.78, 5) is 12.6. The van der Waals surface area contributed by atoms with Gasteiger partial charge >= 0.3 is 0 Å². The number of nitrogens with one attached hydrogen (secondary N) is 1. The van der Waals surface area contributed by atoms with Gasteiger partial charge in [-0.2, -0.15) is 0 Å². The predicted octanol–water partition coefficient (Wildman–Crippen LogP) is 3.67. The van der Waals surface area contributed by atoms with Crippen LogP contribution in [0.5, 0.6) is 0 Å². The third-order valence-electron chi connectivity index (χ3n) is 5.79. The van der Waals surface area contributed by atoms with Crippen molar-refractivity contribution in [2.24, 2.45) is 5.92 Å². The SMILES string of the molecule is Cc1ccc(CS(=O)(=O)N2CCC(C(=O)N[C@@H](C)CCc3ccccc3)CC2)cc1. The summed E-state index contributed by atoms with van der Waals surface area (Å²) in [7, 11) is -3.36. The molecule has 5 nitrogen and oxygen atoms in total. The van der Waals surface area contributed by atoms with Crippen molar-refractivity contribution in [2.75, 3.05) is 13.1 Å². The van der Waals surface area contributed by atoms with Crippen LogP contribution in [0.1, 0.15) is 42.9 Å². The zero-order chi connectivity index (χ0) is 21.6. The second kappa shape index (κ2) is 10.2. The van der Waals surface area contributed by atoms with Gasteiger partial charge in [-0.3, -0.25) is 4.79 Å². The number of sulfonamides is 1. The van der Waals surface area contributed by atoms with Crippen molar-refractivity contribution < 1.29 is 13.2 Å². The number of amides is 1. The zero-order valence-corrected chi connectivity index (χ0v) is 18.7. The molecule has 6 heteroatoms. The van der Waals surface area contributed by atoms with Gasteiger partial charge in [0.25, 0.3) is 0 Å². The lowest BCUT2D eigenvalue weighted by molar-refractivity contribution is -0.126. The summed E-state index contributed by atoms with van der Waals surface area (Å²) in [6, 6.07) is 17.9. The van der Waals surface area contributed by atoms with Crippen molar-refractivity contribution in [2.45, 2.75) is 51.3 Å². The number of rotatable bonds is 8. The third-order valence-corrected chi connectivity index (χ3v) is 7.64. The molecule has 0 bridgehead atoms. The molecule has 30 heavy (non-hydrogen) atoms. The molecule has 2 aromatic carbocycles. The highest BCUT2D eigenvalue weighted by Gasteiger charge is 2.31. The molecule has 2 aromatic rings. The number of nitrogens with zero attached hydrogens (tertiary/aromatic N) is 1. The zero-order valence-electron chi connectivity index (χ0n) is 17.9. The van der Waals surface area contributed by atoms with Crippen LogP contribution in [-0.4, -0.2) is 37.8 Å². The summed E-state index contributed by atoms with van der Waals surface area (Å²) in [5.41, 5.74) is 3.18. The van der Waals surface area contributed by atoms with Gasteiger partial charge in [-0.1, -0.05) is 60.2 Å². The van der Waals surface area contributed by atoms with Gasteiger partial charge in [0.15, 0.2) is 0 Å². The Balaban J connectivity index is 1.44. The second-order valence-electron chi connectivity index (χ2n) is 8.35. The van der Waals surface area contributed by atoms with Crippen molar-refractivity contribution in [3.05, 3.63) is 71.3 Å². The van der Waals surface area contributed by atoms with Crippen molar-refractivity contribution >= 4 is 15.9 Å². The van der Waals surface area contributed by atoms with Gasteiger partial charge in [-0.05, 0) is 50.7 Å². The lowest BCUT2D eigenvalue weighted by Crippen LogP contribution is -2.45. The average molecular weight is 429 g/mol. The Labute approximate surface area is 180 Å². The largest absolute Gasteiger partial charge is 0.353 e. The Kier molecular flexibility index (Phi) is 7.67. The summed E-state index contributed by atoms with van der Waals surface area (Å²) in [5.74, 6) is -0.0538. The van der Waals surface area contributed by atoms with E-state index in [-0.39, 0.29) is 23.6 Å². The minimum Gasteiger partial charge on any atom is -0.353 e. The van der Waals surface area contributed by atoms with Crippen LogP contribution in [0.15, 0.2) is 54.6 Å². The molecule has 3 rings (SSSR count). The maximum Gasteiger partial charge on any atom is 0.223 e. The molecule has 0 radical (unpaired) electrons. The summed E-state index contributed by atoms with van der Waals surface area (Å²) < 4.78 is 27.0. The van der Waals surface area contributed by atoms with Crippen molar-refractivity contribution in [1.82, 2.24) is 9.62 Å². The molecule has 1 fully saturated rings. The van der Waals surface area contributed by atoms with E-state index in [4.69, 9.17) is 0 Å². The lowest BCUT2D eigenvalue weighted by Gasteiger charge is -2.31. The van der Waals surface area contributed by atoms with Crippen LogP contribution < -0.4 is 5.32 Å². The van der Waals surface area contributed by atoms with Crippen LogP contribution in [0.2, 0.25) is 0 Å². The molecular weight excluding hydrogens is 396 g/mol. The highest BCUT2D eigenvalue weighted by atomic mass is 32.2. The lowest BCUT2D eigenvalue weighted by atomic mass is 9.96. The van der Waals surface area contributed by atoms with Crippen LogP contribution in [0.3, 0.4) is 0 Å². The molecule has 1 saturated heterocycles. The van der Waals surface area contributed by atoms with E-state index in [1.165, 1.54) is 9.87 Å². The van der Waals surface area contributed by atoms with Crippen LogP contribution in [0, 0.1) is 12.8 Å². The standard InChI is InChI=1S/C24H32N2O3S/c1-19-8-11-22(12-9-19)18-30(28,29)26-16-14-23(15-17-26)24(27)25-20(2)10-13-21-6-4-3-5-7-21/h3-9,11-12,20,23H,10,13-18H2,1-2H3,(H,25,27)/t20-/m0/s1. The summed E-state index contributed by atoms with van der Waals surface area (Å²) in [5, 5.41) is 3.11. The summed E-state index contributed by atoms with van der Waals surface area (Å²) in [6.07, 6.45) is 2.96. The molecule has 162 valence electrons. The first-order chi connectivity index (χ1) is 14.3. The van der Waals surface area contributed by atoms with Crippen LogP contribution in [-0.2, 0) is 27.0 Å². The fourth-order valence-electron chi connectivity index (χ4n) is 3.84. The normalized spacial score (nSPS) is 16.9. The first-order valence-corrected chi connectivity index (χ1v) is 12.3. The Bertz CT molecular complexity index is 919. The topological polar surface area (TPSA) is 66.5 Å². The van der Waals surface area contributed by atoms with E-state index in [1.54, 1.807) is 0 Å². The molecular formula is C24H32N2O3S. The average Bonchev–Trinajstić information content (AvgIpc) is 2.74. The van der Waals surface area contributed by atoms with E-state index >= 15 is 0 Å².